The highest BCUT2D eigenvalue weighted by Gasteiger charge is 2.51. The summed E-state index contributed by atoms with van der Waals surface area (Å²) in [5.74, 6) is -1.55. The Morgan fingerprint density at radius 1 is 0.975 bits per heavy atom. The Labute approximate surface area is 229 Å². The van der Waals surface area contributed by atoms with Gasteiger partial charge in [-0.3, -0.25) is 19.6 Å². The molecule has 1 amide bonds. The number of carbonyl (C=O) groups is 2. The van der Waals surface area contributed by atoms with Crippen LogP contribution >= 0.6 is 0 Å². The van der Waals surface area contributed by atoms with Crippen LogP contribution in [0.4, 0.5) is 14.6 Å². The first-order chi connectivity index (χ1) is 19.4. The van der Waals surface area contributed by atoms with Crippen LogP contribution in [0.3, 0.4) is 0 Å². The van der Waals surface area contributed by atoms with E-state index in [1.165, 1.54) is 0 Å². The zero-order valence-electron chi connectivity index (χ0n) is 21.7. The third-order valence-corrected chi connectivity index (χ3v) is 8.83. The molecule has 4 heterocycles. The summed E-state index contributed by atoms with van der Waals surface area (Å²) in [4.78, 5) is 40.2. The van der Waals surface area contributed by atoms with Crippen molar-refractivity contribution >= 4 is 17.5 Å². The van der Waals surface area contributed by atoms with Crippen LogP contribution in [0.15, 0.2) is 67.1 Å². The number of halogens is 2. The molecule has 0 saturated carbocycles. The van der Waals surface area contributed by atoms with Crippen LogP contribution in [0, 0.1) is 11.6 Å². The lowest BCUT2D eigenvalue weighted by Gasteiger charge is -2.19. The molecule has 8 heteroatoms. The summed E-state index contributed by atoms with van der Waals surface area (Å²) in [6.45, 7) is 0. The average molecular weight is 537 g/mol. The fourth-order valence-corrected chi connectivity index (χ4v) is 6.81. The molecule has 2 aliphatic carbocycles. The van der Waals surface area contributed by atoms with Gasteiger partial charge in [0.25, 0.3) is 0 Å². The van der Waals surface area contributed by atoms with Crippen LogP contribution in [-0.2, 0) is 29.5 Å². The second kappa shape index (κ2) is 9.40. The standard InChI is InChI=1S/C32H26F2N4O2/c33-25-7-1-5-23(28(25)34)18-8-9-20(29-19(12-18)4-2-10-35-29)14-27(39)22-13-21-15-32(16-26(21)37-17-22)24-6-3-11-36-30(24)38-31(32)40/h1-7,10-11,13,17-18,20H,8-9,12,14-16H2,(H,36,38,40)/t18-,20+,32+/m1/s1. The molecule has 0 bridgehead atoms. The summed E-state index contributed by atoms with van der Waals surface area (Å²) in [6.07, 6.45) is 7.94. The van der Waals surface area contributed by atoms with Crippen molar-refractivity contribution in [1.82, 2.24) is 15.0 Å². The number of anilines is 1. The van der Waals surface area contributed by atoms with Crippen LogP contribution in [0.2, 0.25) is 0 Å². The predicted octanol–water partition coefficient (Wildman–Crippen LogP) is 5.62. The van der Waals surface area contributed by atoms with Gasteiger partial charge in [0, 0.05) is 59.9 Å². The Bertz CT molecular complexity index is 1690. The molecule has 1 spiro atoms. The Kier molecular flexibility index (Phi) is 5.80. The van der Waals surface area contributed by atoms with Gasteiger partial charge in [-0.25, -0.2) is 13.8 Å². The van der Waals surface area contributed by atoms with Crippen molar-refractivity contribution in [3.8, 4) is 0 Å². The highest BCUT2D eigenvalue weighted by Crippen LogP contribution is 2.46. The molecule has 1 aromatic carbocycles. The van der Waals surface area contributed by atoms with Gasteiger partial charge in [0.2, 0.25) is 5.91 Å². The summed E-state index contributed by atoms with van der Waals surface area (Å²) < 4.78 is 28.7. The van der Waals surface area contributed by atoms with Crippen molar-refractivity contribution in [2.24, 2.45) is 0 Å². The molecule has 1 N–H and O–H groups in total. The fraction of sp³-hybridized carbons (Fsp3) is 0.281. The lowest BCUT2D eigenvalue weighted by molar-refractivity contribution is -0.120. The third-order valence-electron chi connectivity index (χ3n) is 8.83. The second-order valence-electron chi connectivity index (χ2n) is 11.1. The summed E-state index contributed by atoms with van der Waals surface area (Å²) in [5.41, 5.74) is 4.53. The van der Waals surface area contributed by atoms with E-state index in [0.717, 1.165) is 34.1 Å². The Balaban J connectivity index is 1.14. The number of hydrogen-bond acceptors (Lipinski definition) is 5. The first-order valence-corrected chi connectivity index (χ1v) is 13.6. The number of ketones is 1. The van der Waals surface area contributed by atoms with E-state index >= 15 is 0 Å². The maximum Gasteiger partial charge on any atom is 0.237 e. The summed E-state index contributed by atoms with van der Waals surface area (Å²) in [7, 11) is 0. The van der Waals surface area contributed by atoms with Gasteiger partial charge in [-0.2, -0.15) is 0 Å². The minimum atomic E-state index is -0.847. The van der Waals surface area contributed by atoms with Gasteiger partial charge < -0.3 is 5.32 Å². The number of nitrogens with one attached hydrogen (secondary N) is 1. The topological polar surface area (TPSA) is 84.8 Å². The molecule has 0 radical (unpaired) electrons. The van der Waals surface area contributed by atoms with Crippen molar-refractivity contribution in [3.63, 3.8) is 0 Å². The van der Waals surface area contributed by atoms with Gasteiger partial charge in [-0.05, 0) is 72.6 Å². The molecular weight excluding hydrogens is 510 g/mol. The summed E-state index contributed by atoms with van der Waals surface area (Å²) >= 11 is 0. The van der Waals surface area contributed by atoms with E-state index in [2.05, 4.69) is 20.3 Å². The van der Waals surface area contributed by atoms with E-state index in [9.17, 15) is 18.4 Å². The SMILES string of the molecule is O=C(C[C@@H]1CC[C@@H](c2cccc(F)c2F)Cc2cccnc21)c1cnc2c(c1)C[C@@]1(C2)C(=O)Nc2ncccc21. The van der Waals surface area contributed by atoms with Gasteiger partial charge in [0.05, 0.1) is 5.41 Å². The second-order valence-corrected chi connectivity index (χ2v) is 11.1. The van der Waals surface area contributed by atoms with Gasteiger partial charge in [-0.1, -0.05) is 24.3 Å². The molecule has 3 atom stereocenters. The van der Waals surface area contributed by atoms with Crippen molar-refractivity contribution < 1.29 is 18.4 Å². The largest absolute Gasteiger partial charge is 0.310 e. The normalized spacial score (nSPS) is 22.8. The van der Waals surface area contributed by atoms with Crippen LogP contribution < -0.4 is 5.32 Å². The van der Waals surface area contributed by atoms with Crippen molar-refractivity contribution in [3.05, 3.63) is 118 Å². The van der Waals surface area contributed by atoms with E-state index in [4.69, 9.17) is 0 Å². The van der Waals surface area contributed by atoms with Gasteiger partial charge in [0.15, 0.2) is 17.4 Å². The Hall–Kier alpha value is -4.33. The minimum absolute atomic E-state index is 0.0498. The molecule has 4 aromatic rings. The summed E-state index contributed by atoms with van der Waals surface area (Å²) in [6, 6.07) is 13.8. The molecule has 40 heavy (non-hydrogen) atoms. The van der Waals surface area contributed by atoms with Crippen LogP contribution in [0.25, 0.3) is 0 Å². The predicted molar refractivity (Wildman–Crippen MR) is 144 cm³/mol. The molecule has 200 valence electrons. The number of rotatable bonds is 4. The smallest absolute Gasteiger partial charge is 0.237 e. The maximum absolute atomic E-state index is 14.7. The lowest BCUT2D eigenvalue weighted by atomic mass is 9.80. The van der Waals surface area contributed by atoms with Crippen LogP contribution in [0.5, 0.6) is 0 Å². The van der Waals surface area contributed by atoms with Gasteiger partial charge in [-0.15, -0.1) is 0 Å². The van der Waals surface area contributed by atoms with Crippen LogP contribution in [0.1, 0.15) is 75.1 Å². The number of amides is 1. The van der Waals surface area contributed by atoms with E-state index in [1.54, 1.807) is 30.7 Å². The van der Waals surface area contributed by atoms with Crippen molar-refractivity contribution in [2.75, 3.05) is 5.32 Å². The lowest BCUT2D eigenvalue weighted by Crippen LogP contribution is -2.35. The van der Waals surface area contributed by atoms with E-state index < -0.39 is 17.0 Å². The number of Topliss-reactive ketones (excluding diaryl/α,β-unsaturated/α-hetero) is 1. The first kappa shape index (κ1) is 24.7. The van der Waals surface area contributed by atoms with Crippen LogP contribution in [-0.4, -0.2) is 26.6 Å². The number of hydrogen-bond donors (Lipinski definition) is 1. The van der Waals surface area contributed by atoms with E-state index in [-0.39, 0.29) is 29.9 Å². The molecule has 3 aliphatic rings. The van der Waals surface area contributed by atoms with Gasteiger partial charge >= 0.3 is 0 Å². The molecule has 0 unspecified atom stereocenters. The monoisotopic (exact) mass is 536 g/mol. The molecule has 3 aromatic heterocycles. The zero-order valence-corrected chi connectivity index (χ0v) is 21.7. The number of aromatic nitrogens is 3. The van der Waals surface area contributed by atoms with Crippen molar-refractivity contribution in [1.29, 1.82) is 0 Å². The van der Waals surface area contributed by atoms with Crippen molar-refractivity contribution in [2.45, 2.75) is 55.8 Å². The number of benzene rings is 1. The first-order valence-electron chi connectivity index (χ1n) is 13.6. The highest BCUT2D eigenvalue weighted by molar-refractivity contribution is 6.06. The minimum Gasteiger partial charge on any atom is -0.310 e. The molecular formula is C32H26F2N4O2. The quantitative estimate of drug-likeness (QED) is 0.271. The number of carbonyl (C=O) groups excluding carboxylic acids is 2. The number of pyridine rings is 3. The molecule has 0 fully saturated rings. The average Bonchev–Trinajstić information content (AvgIpc) is 3.41. The third kappa shape index (κ3) is 3.93. The molecule has 1 aliphatic heterocycles. The maximum atomic E-state index is 14.7. The highest BCUT2D eigenvalue weighted by atomic mass is 19.2. The van der Waals surface area contributed by atoms with E-state index in [1.807, 2.05) is 30.3 Å². The van der Waals surface area contributed by atoms with E-state index in [0.29, 0.717) is 49.0 Å². The summed E-state index contributed by atoms with van der Waals surface area (Å²) in [5, 5.41) is 2.90. The Morgan fingerprint density at radius 3 is 2.73 bits per heavy atom. The zero-order chi connectivity index (χ0) is 27.4. The number of fused-ring (bicyclic) bond motifs is 4. The fourth-order valence-electron chi connectivity index (χ4n) is 6.81. The molecule has 7 rings (SSSR count). The number of nitrogens with zero attached hydrogens (tertiary/aromatic N) is 3. The van der Waals surface area contributed by atoms with Gasteiger partial charge in [0.1, 0.15) is 5.82 Å². The molecule has 6 nitrogen and oxygen atoms in total. The Morgan fingerprint density at radius 2 is 1.82 bits per heavy atom. The molecule has 0 saturated heterocycles.